The van der Waals surface area contributed by atoms with Gasteiger partial charge in [0.05, 0.1) is 6.26 Å². The molecule has 2 heterocycles. The number of amides is 1. The summed E-state index contributed by atoms with van der Waals surface area (Å²) in [6.45, 7) is 5.62. The zero-order valence-corrected chi connectivity index (χ0v) is 12.1. The lowest BCUT2D eigenvalue weighted by molar-refractivity contribution is 0.0757. The average Bonchev–Trinajstić information content (AvgIpc) is 3.10. The Hall–Kier alpha value is -1.62. The van der Waals surface area contributed by atoms with Crippen LogP contribution in [0.1, 0.15) is 37.2 Å². The summed E-state index contributed by atoms with van der Waals surface area (Å²) < 4.78 is 5.29. The number of thiazole rings is 1. The van der Waals surface area contributed by atoms with Crippen molar-refractivity contribution in [3.8, 4) is 10.8 Å². The molecule has 0 N–H and O–H groups in total. The number of carbonyl (C=O) groups is 1. The minimum Gasteiger partial charge on any atom is -0.462 e. The molecule has 0 spiro atoms. The van der Waals surface area contributed by atoms with Crippen LogP contribution < -0.4 is 0 Å². The molecule has 0 bridgehead atoms. The van der Waals surface area contributed by atoms with Gasteiger partial charge in [-0.15, -0.1) is 11.3 Å². The van der Waals surface area contributed by atoms with E-state index in [9.17, 15) is 4.79 Å². The number of hydrogen-bond donors (Lipinski definition) is 0. The van der Waals surface area contributed by atoms with Gasteiger partial charge < -0.3 is 9.32 Å². The third kappa shape index (κ3) is 3.23. The monoisotopic (exact) mass is 278 g/mol. The lowest BCUT2D eigenvalue weighted by atomic mass is 10.3. The maximum Gasteiger partial charge on any atom is 0.273 e. The summed E-state index contributed by atoms with van der Waals surface area (Å²) in [7, 11) is 0. The van der Waals surface area contributed by atoms with E-state index in [0.29, 0.717) is 18.0 Å². The highest BCUT2D eigenvalue weighted by atomic mass is 32.1. The van der Waals surface area contributed by atoms with E-state index in [1.807, 2.05) is 24.0 Å². The molecule has 0 fully saturated rings. The first-order valence-corrected chi connectivity index (χ1v) is 7.42. The molecule has 0 aliphatic carbocycles. The topological polar surface area (TPSA) is 46.3 Å². The molecule has 0 unspecified atom stereocenters. The molecule has 2 aromatic heterocycles. The molecule has 102 valence electrons. The molecule has 5 heteroatoms. The summed E-state index contributed by atoms with van der Waals surface area (Å²) in [5.74, 6) is 0.714. The average molecular weight is 278 g/mol. The lowest BCUT2D eigenvalue weighted by Gasteiger charge is -2.19. The molecule has 0 radical (unpaired) electrons. The van der Waals surface area contributed by atoms with Crippen LogP contribution in [0.3, 0.4) is 0 Å². The molecule has 0 atom stereocenters. The Labute approximate surface area is 117 Å². The minimum absolute atomic E-state index is 0.00464. The summed E-state index contributed by atoms with van der Waals surface area (Å²) in [6.07, 6.45) is 3.71. The van der Waals surface area contributed by atoms with Gasteiger partial charge in [0.1, 0.15) is 5.69 Å². The highest BCUT2D eigenvalue weighted by Crippen LogP contribution is 2.24. The van der Waals surface area contributed by atoms with E-state index in [4.69, 9.17) is 4.42 Å². The molecule has 0 aromatic carbocycles. The Bertz CT molecular complexity index is 519. The van der Waals surface area contributed by atoms with Crippen molar-refractivity contribution in [1.29, 1.82) is 0 Å². The number of aromatic nitrogens is 1. The quantitative estimate of drug-likeness (QED) is 0.810. The van der Waals surface area contributed by atoms with Gasteiger partial charge >= 0.3 is 0 Å². The number of hydrogen-bond acceptors (Lipinski definition) is 4. The van der Waals surface area contributed by atoms with Crippen LogP contribution in [0.2, 0.25) is 0 Å². The molecule has 4 nitrogen and oxygen atoms in total. The molecule has 2 aromatic rings. The molecule has 0 saturated heterocycles. The highest BCUT2D eigenvalue weighted by molar-refractivity contribution is 7.13. The first-order chi connectivity index (χ1) is 9.26. The third-order valence-corrected chi connectivity index (χ3v) is 3.76. The van der Waals surface area contributed by atoms with Crippen molar-refractivity contribution in [2.24, 2.45) is 0 Å². The van der Waals surface area contributed by atoms with E-state index in [2.05, 4.69) is 11.9 Å². The fourth-order valence-corrected chi connectivity index (χ4v) is 2.56. The second-order valence-corrected chi connectivity index (χ2v) is 5.11. The van der Waals surface area contributed by atoms with Crippen molar-refractivity contribution in [3.05, 3.63) is 29.5 Å². The standard InChI is InChI=1S/C14H18N2O2S/c1-3-5-8-16(4-2)14(17)11-10-19-13(15-11)12-7-6-9-18-12/h6-7,9-10H,3-5,8H2,1-2H3. The number of furan rings is 1. The van der Waals surface area contributed by atoms with Crippen LogP contribution in [0.15, 0.2) is 28.2 Å². The molecular formula is C14H18N2O2S. The number of unbranched alkanes of at least 4 members (excludes halogenated alkanes) is 1. The van der Waals surface area contributed by atoms with Gasteiger partial charge in [-0.3, -0.25) is 4.79 Å². The summed E-state index contributed by atoms with van der Waals surface area (Å²) in [4.78, 5) is 18.5. The van der Waals surface area contributed by atoms with E-state index in [-0.39, 0.29) is 5.91 Å². The van der Waals surface area contributed by atoms with Gasteiger partial charge in [0, 0.05) is 18.5 Å². The van der Waals surface area contributed by atoms with Crippen molar-refractivity contribution in [3.63, 3.8) is 0 Å². The fourth-order valence-electron chi connectivity index (χ4n) is 1.80. The summed E-state index contributed by atoms with van der Waals surface area (Å²) >= 11 is 1.43. The first-order valence-electron chi connectivity index (χ1n) is 6.55. The Balaban J connectivity index is 2.11. The Kier molecular flexibility index (Phi) is 4.74. The van der Waals surface area contributed by atoms with Gasteiger partial charge in [-0.1, -0.05) is 13.3 Å². The van der Waals surface area contributed by atoms with Crippen LogP contribution in [0, 0.1) is 0 Å². The predicted molar refractivity (Wildman–Crippen MR) is 76.3 cm³/mol. The van der Waals surface area contributed by atoms with E-state index < -0.39 is 0 Å². The van der Waals surface area contributed by atoms with Crippen molar-refractivity contribution in [1.82, 2.24) is 9.88 Å². The van der Waals surface area contributed by atoms with E-state index in [1.165, 1.54) is 11.3 Å². The van der Waals surface area contributed by atoms with Gasteiger partial charge in [0.2, 0.25) is 0 Å². The summed E-state index contributed by atoms with van der Waals surface area (Å²) in [5, 5.41) is 2.55. The van der Waals surface area contributed by atoms with Crippen LogP contribution in [-0.2, 0) is 0 Å². The van der Waals surface area contributed by atoms with Gasteiger partial charge in [0.15, 0.2) is 10.8 Å². The number of nitrogens with zero attached hydrogens (tertiary/aromatic N) is 2. The Morgan fingerprint density at radius 1 is 1.47 bits per heavy atom. The van der Waals surface area contributed by atoms with Crippen LogP contribution >= 0.6 is 11.3 Å². The first kappa shape index (κ1) is 13.8. The highest BCUT2D eigenvalue weighted by Gasteiger charge is 2.18. The Morgan fingerprint density at radius 2 is 2.32 bits per heavy atom. The van der Waals surface area contributed by atoms with E-state index >= 15 is 0 Å². The number of rotatable bonds is 6. The van der Waals surface area contributed by atoms with Gasteiger partial charge in [-0.25, -0.2) is 4.98 Å². The molecular weight excluding hydrogens is 260 g/mol. The van der Waals surface area contributed by atoms with Crippen LogP contribution in [0.25, 0.3) is 10.8 Å². The predicted octanol–water partition coefficient (Wildman–Crippen LogP) is 3.67. The normalized spacial score (nSPS) is 10.6. The summed E-state index contributed by atoms with van der Waals surface area (Å²) in [6, 6.07) is 3.67. The Morgan fingerprint density at radius 3 is 2.95 bits per heavy atom. The molecule has 1 amide bonds. The largest absolute Gasteiger partial charge is 0.462 e. The van der Waals surface area contributed by atoms with Crippen molar-refractivity contribution >= 4 is 17.2 Å². The van der Waals surface area contributed by atoms with Gasteiger partial charge in [-0.2, -0.15) is 0 Å². The second kappa shape index (κ2) is 6.52. The fraction of sp³-hybridized carbons (Fsp3) is 0.429. The van der Waals surface area contributed by atoms with Crippen LogP contribution in [-0.4, -0.2) is 28.9 Å². The third-order valence-electron chi connectivity index (χ3n) is 2.91. The van der Waals surface area contributed by atoms with Gasteiger partial charge in [0.25, 0.3) is 5.91 Å². The lowest BCUT2D eigenvalue weighted by Crippen LogP contribution is -2.31. The maximum atomic E-state index is 12.3. The zero-order valence-electron chi connectivity index (χ0n) is 11.3. The van der Waals surface area contributed by atoms with Crippen molar-refractivity contribution in [2.45, 2.75) is 26.7 Å². The summed E-state index contributed by atoms with van der Waals surface area (Å²) in [5.41, 5.74) is 0.509. The molecule has 0 aliphatic heterocycles. The second-order valence-electron chi connectivity index (χ2n) is 4.25. The number of carbonyl (C=O) groups excluding carboxylic acids is 1. The molecule has 0 saturated carbocycles. The van der Waals surface area contributed by atoms with Crippen molar-refractivity contribution in [2.75, 3.05) is 13.1 Å². The smallest absolute Gasteiger partial charge is 0.273 e. The van der Waals surface area contributed by atoms with Crippen LogP contribution in [0.4, 0.5) is 0 Å². The maximum absolute atomic E-state index is 12.3. The van der Waals surface area contributed by atoms with Crippen molar-refractivity contribution < 1.29 is 9.21 Å². The minimum atomic E-state index is 0.00464. The molecule has 2 rings (SSSR count). The molecule has 19 heavy (non-hydrogen) atoms. The van der Waals surface area contributed by atoms with Gasteiger partial charge in [-0.05, 0) is 25.5 Å². The zero-order chi connectivity index (χ0) is 13.7. The van der Waals surface area contributed by atoms with Crippen LogP contribution in [0.5, 0.6) is 0 Å². The van der Waals surface area contributed by atoms with E-state index in [0.717, 1.165) is 24.4 Å². The molecule has 0 aliphatic rings. The SMILES string of the molecule is CCCCN(CC)C(=O)c1csc(-c2ccco2)n1. The van der Waals surface area contributed by atoms with E-state index in [1.54, 1.807) is 11.6 Å².